The van der Waals surface area contributed by atoms with Gasteiger partial charge in [0.25, 0.3) is 0 Å². The number of nitrogens with zero attached hydrogens (tertiary/aromatic N) is 5. The fraction of sp³-hybridized carbons (Fsp3) is 0.889. The van der Waals surface area contributed by atoms with Gasteiger partial charge in [0.1, 0.15) is 0 Å². The first-order valence-electron chi connectivity index (χ1n) is 5.37. The van der Waals surface area contributed by atoms with Crippen molar-refractivity contribution in [3.05, 3.63) is 5.82 Å². The summed E-state index contributed by atoms with van der Waals surface area (Å²) < 4.78 is 0. The van der Waals surface area contributed by atoms with E-state index in [1.54, 1.807) is 7.05 Å². The van der Waals surface area contributed by atoms with E-state index in [2.05, 4.69) is 25.6 Å². The molecule has 0 aliphatic carbocycles. The molecule has 0 amide bonds. The highest BCUT2D eigenvalue weighted by atomic mass is 15.6. The molecule has 0 saturated carbocycles. The van der Waals surface area contributed by atoms with Crippen molar-refractivity contribution in [3.8, 4) is 0 Å². The maximum absolute atomic E-state index is 4.18. The van der Waals surface area contributed by atoms with E-state index in [-0.39, 0.29) is 0 Å². The second kappa shape index (κ2) is 4.67. The lowest BCUT2D eigenvalue weighted by Crippen LogP contribution is -2.24. The van der Waals surface area contributed by atoms with E-state index in [4.69, 9.17) is 0 Å². The Balaban J connectivity index is 1.82. The van der Waals surface area contributed by atoms with Crippen LogP contribution in [-0.4, -0.2) is 51.8 Å². The molecule has 1 fully saturated rings. The summed E-state index contributed by atoms with van der Waals surface area (Å²) in [7, 11) is 3.80. The van der Waals surface area contributed by atoms with E-state index in [1.807, 2.05) is 7.05 Å². The Bertz CT molecular complexity index is 309. The smallest absolute Gasteiger partial charge is 0.188 e. The molecule has 1 aliphatic heterocycles. The van der Waals surface area contributed by atoms with Gasteiger partial charge in [-0.25, -0.2) is 0 Å². The lowest BCUT2D eigenvalue weighted by Gasteiger charge is -2.13. The SMILES string of the molecule is CNCC1CCN(Cc2nnn(C)n2)C1. The average Bonchev–Trinajstić information content (AvgIpc) is 2.78. The standard InChI is InChI=1S/C9H18N6/c1-10-5-8-3-4-15(6-8)7-9-11-13-14(2)12-9/h8,10H,3-7H2,1-2H3. The normalized spacial score (nSPS) is 22.4. The van der Waals surface area contributed by atoms with Crippen molar-refractivity contribution in [2.24, 2.45) is 13.0 Å². The van der Waals surface area contributed by atoms with Crippen molar-refractivity contribution in [2.45, 2.75) is 13.0 Å². The molecular formula is C9H18N6. The third kappa shape index (κ3) is 2.73. The largest absolute Gasteiger partial charge is 0.319 e. The third-order valence-electron chi connectivity index (χ3n) is 2.78. The molecule has 0 spiro atoms. The molecular weight excluding hydrogens is 192 g/mol. The summed E-state index contributed by atoms with van der Waals surface area (Å²) in [5.74, 6) is 1.59. The van der Waals surface area contributed by atoms with Gasteiger partial charge in [-0.1, -0.05) is 0 Å². The van der Waals surface area contributed by atoms with E-state index >= 15 is 0 Å². The fourth-order valence-electron chi connectivity index (χ4n) is 2.10. The molecule has 1 aromatic rings. The fourth-order valence-corrected chi connectivity index (χ4v) is 2.10. The molecule has 0 bridgehead atoms. The number of aryl methyl sites for hydroxylation is 1. The van der Waals surface area contributed by atoms with Crippen molar-refractivity contribution in [2.75, 3.05) is 26.7 Å². The van der Waals surface area contributed by atoms with Crippen molar-refractivity contribution in [1.29, 1.82) is 0 Å². The zero-order valence-corrected chi connectivity index (χ0v) is 9.35. The zero-order valence-electron chi connectivity index (χ0n) is 9.35. The van der Waals surface area contributed by atoms with E-state index < -0.39 is 0 Å². The summed E-state index contributed by atoms with van der Waals surface area (Å²) in [5.41, 5.74) is 0. The molecule has 1 saturated heterocycles. The van der Waals surface area contributed by atoms with E-state index in [9.17, 15) is 0 Å². The number of aromatic nitrogens is 4. The first-order chi connectivity index (χ1) is 7.28. The predicted molar refractivity (Wildman–Crippen MR) is 56.1 cm³/mol. The van der Waals surface area contributed by atoms with Gasteiger partial charge in [0.05, 0.1) is 13.6 Å². The molecule has 1 unspecified atom stereocenters. The molecule has 6 heteroatoms. The lowest BCUT2D eigenvalue weighted by atomic mass is 10.1. The van der Waals surface area contributed by atoms with Gasteiger partial charge in [0.2, 0.25) is 0 Å². The van der Waals surface area contributed by atoms with Crippen LogP contribution in [0.2, 0.25) is 0 Å². The summed E-state index contributed by atoms with van der Waals surface area (Å²) in [6.07, 6.45) is 1.26. The Labute approximate surface area is 89.6 Å². The Hall–Kier alpha value is -1.01. The molecule has 0 aromatic carbocycles. The van der Waals surface area contributed by atoms with Crippen molar-refractivity contribution < 1.29 is 0 Å². The first-order valence-corrected chi connectivity index (χ1v) is 5.37. The molecule has 6 nitrogen and oxygen atoms in total. The molecule has 2 heterocycles. The van der Waals surface area contributed by atoms with Crippen LogP contribution < -0.4 is 5.32 Å². The summed E-state index contributed by atoms with van der Waals surface area (Å²) >= 11 is 0. The number of rotatable bonds is 4. The van der Waals surface area contributed by atoms with Gasteiger partial charge in [-0.2, -0.15) is 4.80 Å². The second-order valence-electron chi connectivity index (χ2n) is 4.14. The second-order valence-corrected chi connectivity index (χ2v) is 4.14. The summed E-state index contributed by atoms with van der Waals surface area (Å²) in [4.78, 5) is 3.90. The van der Waals surface area contributed by atoms with Crippen molar-refractivity contribution in [3.63, 3.8) is 0 Å². The number of hydrogen-bond donors (Lipinski definition) is 1. The third-order valence-corrected chi connectivity index (χ3v) is 2.78. The Kier molecular flexibility index (Phi) is 3.27. The summed E-state index contributed by atoms with van der Waals surface area (Å²) in [5, 5.41) is 15.2. The number of likely N-dealkylation sites (tertiary alicyclic amines) is 1. The molecule has 1 aliphatic rings. The highest BCUT2D eigenvalue weighted by Crippen LogP contribution is 2.16. The van der Waals surface area contributed by atoms with E-state index in [1.165, 1.54) is 11.2 Å². The lowest BCUT2D eigenvalue weighted by molar-refractivity contribution is 0.307. The molecule has 15 heavy (non-hydrogen) atoms. The van der Waals surface area contributed by atoms with Crippen LogP contribution in [0.1, 0.15) is 12.2 Å². The molecule has 84 valence electrons. The number of hydrogen-bond acceptors (Lipinski definition) is 5. The van der Waals surface area contributed by atoms with Crippen LogP contribution in [0.5, 0.6) is 0 Å². The average molecular weight is 210 g/mol. The first kappa shape index (κ1) is 10.5. The Morgan fingerprint density at radius 1 is 1.53 bits per heavy atom. The molecule has 1 atom stereocenters. The topological polar surface area (TPSA) is 58.9 Å². The monoisotopic (exact) mass is 210 g/mol. The summed E-state index contributed by atoms with van der Waals surface area (Å²) in [6, 6.07) is 0. The maximum Gasteiger partial charge on any atom is 0.188 e. The van der Waals surface area contributed by atoms with Crippen LogP contribution in [0.25, 0.3) is 0 Å². The van der Waals surface area contributed by atoms with Gasteiger partial charge in [-0.05, 0) is 37.7 Å². The molecule has 1 aromatic heterocycles. The van der Waals surface area contributed by atoms with E-state index in [0.29, 0.717) is 0 Å². The van der Waals surface area contributed by atoms with Crippen LogP contribution in [0.4, 0.5) is 0 Å². The quantitative estimate of drug-likeness (QED) is 0.708. The van der Waals surface area contributed by atoms with Gasteiger partial charge >= 0.3 is 0 Å². The predicted octanol–water partition coefficient (Wildman–Crippen LogP) is -0.749. The maximum atomic E-state index is 4.18. The van der Waals surface area contributed by atoms with Crippen molar-refractivity contribution >= 4 is 0 Å². The van der Waals surface area contributed by atoms with Crippen LogP contribution >= 0.6 is 0 Å². The van der Waals surface area contributed by atoms with Gasteiger partial charge < -0.3 is 5.32 Å². The minimum absolute atomic E-state index is 0.770. The van der Waals surface area contributed by atoms with Gasteiger partial charge in [-0.3, -0.25) is 4.90 Å². The van der Waals surface area contributed by atoms with Crippen molar-refractivity contribution in [1.82, 2.24) is 30.4 Å². The number of tetrazole rings is 1. The molecule has 0 radical (unpaired) electrons. The highest BCUT2D eigenvalue weighted by Gasteiger charge is 2.22. The minimum Gasteiger partial charge on any atom is -0.319 e. The Morgan fingerprint density at radius 2 is 2.40 bits per heavy atom. The van der Waals surface area contributed by atoms with Gasteiger partial charge in [0, 0.05) is 6.54 Å². The van der Waals surface area contributed by atoms with Crippen LogP contribution in [-0.2, 0) is 13.6 Å². The van der Waals surface area contributed by atoms with Crippen LogP contribution in [0.3, 0.4) is 0 Å². The number of nitrogens with one attached hydrogen (secondary N) is 1. The molecule has 2 rings (SSSR count). The minimum atomic E-state index is 0.770. The van der Waals surface area contributed by atoms with E-state index in [0.717, 1.165) is 37.9 Å². The van der Waals surface area contributed by atoms with Crippen LogP contribution in [0.15, 0.2) is 0 Å². The zero-order chi connectivity index (χ0) is 10.7. The Morgan fingerprint density at radius 3 is 3.07 bits per heavy atom. The summed E-state index contributed by atoms with van der Waals surface area (Å²) in [6.45, 7) is 4.21. The van der Waals surface area contributed by atoms with Crippen LogP contribution in [0, 0.1) is 5.92 Å². The van der Waals surface area contributed by atoms with Gasteiger partial charge in [0.15, 0.2) is 5.82 Å². The van der Waals surface area contributed by atoms with Gasteiger partial charge in [-0.15, -0.1) is 10.2 Å². The highest BCUT2D eigenvalue weighted by molar-refractivity contribution is 4.83. The molecule has 1 N–H and O–H groups in total.